The molecule has 30 heavy (non-hydrogen) atoms. The standard InChI is InChI=1S/C22H22N8/c1-2-29-18(6-8-25-29)20-21(17-5-3-4-16(14-17)15-23)27-30-11-7-19(26-22(20)30)28-12-9-24-10-13-28/h3-8,11,14,24H,2,9-10,12-13H2,1H3. The van der Waals surface area contributed by atoms with Crippen LogP contribution in [-0.2, 0) is 6.54 Å². The maximum Gasteiger partial charge on any atom is 0.167 e. The number of hydrogen-bond donors (Lipinski definition) is 1. The molecule has 1 fully saturated rings. The van der Waals surface area contributed by atoms with Gasteiger partial charge in [-0.1, -0.05) is 12.1 Å². The Kier molecular flexibility index (Phi) is 4.65. The van der Waals surface area contributed by atoms with Crippen LogP contribution in [0.2, 0.25) is 0 Å². The van der Waals surface area contributed by atoms with Gasteiger partial charge in [-0.25, -0.2) is 9.50 Å². The summed E-state index contributed by atoms with van der Waals surface area (Å²) < 4.78 is 3.77. The number of nitrogens with zero attached hydrogens (tertiary/aromatic N) is 7. The van der Waals surface area contributed by atoms with Gasteiger partial charge in [-0.05, 0) is 31.2 Å². The van der Waals surface area contributed by atoms with E-state index in [0.29, 0.717) is 5.56 Å². The van der Waals surface area contributed by atoms with Crippen LogP contribution in [0.5, 0.6) is 0 Å². The van der Waals surface area contributed by atoms with Crippen LogP contribution in [0.4, 0.5) is 5.82 Å². The molecule has 0 bridgehead atoms. The molecule has 4 aromatic rings. The summed E-state index contributed by atoms with van der Waals surface area (Å²) in [5, 5.41) is 22.0. The van der Waals surface area contributed by atoms with Crippen molar-refractivity contribution in [2.45, 2.75) is 13.5 Å². The number of fused-ring (bicyclic) bond motifs is 1. The van der Waals surface area contributed by atoms with Crippen molar-refractivity contribution in [3.05, 3.63) is 54.4 Å². The fourth-order valence-electron chi connectivity index (χ4n) is 3.96. The first-order valence-electron chi connectivity index (χ1n) is 10.2. The van der Waals surface area contributed by atoms with E-state index < -0.39 is 0 Å². The van der Waals surface area contributed by atoms with E-state index in [1.165, 1.54) is 0 Å². The highest BCUT2D eigenvalue weighted by Gasteiger charge is 2.22. The number of benzene rings is 1. The Hall–Kier alpha value is -3.70. The maximum atomic E-state index is 9.35. The van der Waals surface area contributed by atoms with Crippen LogP contribution in [0.3, 0.4) is 0 Å². The molecule has 8 nitrogen and oxygen atoms in total. The quantitative estimate of drug-likeness (QED) is 0.569. The van der Waals surface area contributed by atoms with E-state index in [0.717, 1.165) is 66.7 Å². The SMILES string of the molecule is CCn1nccc1-c1c(-c2cccc(C#N)c2)nn2ccc(N3CCNCC3)nc12. The van der Waals surface area contributed by atoms with Gasteiger partial charge in [-0.15, -0.1) is 0 Å². The molecule has 0 spiro atoms. The lowest BCUT2D eigenvalue weighted by Crippen LogP contribution is -2.43. The summed E-state index contributed by atoms with van der Waals surface area (Å²) in [7, 11) is 0. The first-order chi connectivity index (χ1) is 14.8. The largest absolute Gasteiger partial charge is 0.354 e. The monoisotopic (exact) mass is 398 g/mol. The molecule has 1 aliphatic rings. The van der Waals surface area contributed by atoms with Crippen LogP contribution in [-0.4, -0.2) is 50.6 Å². The summed E-state index contributed by atoms with van der Waals surface area (Å²) >= 11 is 0. The number of hydrogen-bond acceptors (Lipinski definition) is 6. The van der Waals surface area contributed by atoms with Gasteiger partial charge in [0.05, 0.1) is 22.9 Å². The van der Waals surface area contributed by atoms with Crippen LogP contribution >= 0.6 is 0 Å². The molecule has 1 aliphatic heterocycles. The van der Waals surface area contributed by atoms with Crippen LogP contribution < -0.4 is 10.2 Å². The Bertz CT molecular complexity index is 1240. The van der Waals surface area contributed by atoms with Crippen molar-refractivity contribution >= 4 is 11.5 Å². The minimum atomic E-state index is 0.606. The predicted molar refractivity (Wildman–Crippen MR) is 115 cm³/mol. The second-order valence-electron chi connectivity index (χ2n) is 7.24. The number of anilines is 1. The minimum Gasteiger partial charge on any atom is -0.354 e. The van der Waals surface area contributed by atoms with Crippen molar-refractivity contribution in [3.8, 4) is 28.6 Å². The van der Waals surface area contributed by atoms with Crippen LogP contribution in [0.15, 0.2) is 48.8 Å². The molecule has 0 amide bonds. The summed E-state index contributed by atoms with van der Waals surface area (Å²) in [5.74, 6) is 0.949. The maximum absolute atomic E-state index is 9.35. The third-order valence-electron chi connectivity index (χ3n) is 5.45. The van der Waals surface area contributed by atoms with Crippen LogP contribution in [0.1, 0.15) is 12.5 Å². The molecule has 150 valence electrons. The van der Waals surface area contributed by atoms with Crippen molar-refractivity contribution in [1.29, 1.82) is 5.26 Å². The number of aryl methyl sites for hydroxylation is 1. The predicted octanol–water partition coefficient (Wildman–Crippen LogP) is 2.56. The van der Waals surface area contributed by atoms with E-state index in [9.17, 15) is 5.26 Å². The van der Waals surface area contributed by atoms with Gasteiger partial charge in [-0.2, -0.15) is 15.5 Å². The topological polar surface area (TPSA) is 87.1 Å². The summed E-state index contributed by atoms with van der Waals surface area (Å²) in [5.41, 5.74) is 4.98. The molecule has 5 rings (SSSR count). The van der Waals surface area contributed by atoms with E-state index >= 15 is 0 Å². The summed E-state index contributed by atoms with van der Waals surface area (Å²) in [6, 6.07) is 13.8. The fraction of sp³-hybridized carbons (Fsp3) is 0.273. The molecule has 0 aliphatic carbocycles. The molecular weight excluding hydrogens is 376 g/mol. The van der Waals surface area contributed by atoms with Crippen molar-refractivity contribution in [2.75, 3.05) is 31.1 Å². The van der Waals surface area contributed by atoms with E-state index in [1.54, 1.807) is 12.3 Å². The highest BCUT2D eigenvalue weighted by atomic mass is 15.3. The third-order valence-corrected chi connectivity index (χ3v) is 5.45. The number of nitrogens with one attached hydrogen (secondary N) is 1. The van der Waals surface area contributed by atoms with E-state index in [4.69, 9.17) is 10.1 Å². The molecular formula is C22H22N8. The van der Waals surface area contributed by atoms with Gasteiger partial charge in [0.1, 0.15) is 11.5 Å². The molecule has 1 N–H and O–H groups in total. The van der Waals surface area contributed by atoms with E-state index in [2.05, 4.69) is 28.3 Å². The Morgan fingerprint density at radius 3 is 2.83 bits per heavy atom. The van der Waals surface area contributed by atoms with Gasteiger partial charge in [0, 0.05) is 50.7 Å². The first kappa shape index (κ1) is 18.3. The van der Waals surface area contributed by atoms with E-state index in [-0.39, 0.29) is 0 Å². The number of aromatic nitrogens is 5. The molecule has 0 unspecified atom stereocenters. The van der Waals surface area contributed by atoms with Gasteiger partial charge < -0.3 is 10.2 Å². The van der Waals surface area contributed by atoms with Crippen molar-refractivity contribution in [3.63, 3.8) is 0 Å². The second kappa shape index (κ2) is 7.61. The van der Waals surface area contributed by atoms with Gasteiger partial charge in [-0.3, -0.25) is 4.68 Å². The lowest BCUT2D eigenvalue weighted by atomic mass is 10.0. The summed E-state index contributed by atoms with van der Waals surface area (Å²) in [4.78, 5) is 7.30. The summed E-state index contributed by atoms with van der Waals surface area (Å²) in [6.07, 6.45) is 3.77. The minimum absolute atomic E-state index is 0.606. The van der Waals surface area contributed by atoms with Crippen LogP contribution in [0.25, 0.3) is 28.2 Å². The molecule has 1 saturated heterocycles. The van der Waals surface area contributed by atoms with E-state index in [1.807, 2.05) is 45.7 Å². The molecule has 0 saturated carbocycles. The van der Waals surface area contributed by atoms with Crippen molar-refractivity contribution in [2.24, 2.45) is 0 Å². The first-order valence-corrected chi connectivity index (χ1v) is 10.2. The normalized spacial score (nSPS) is 14.2. The zero-order chi connectivity index (χ0) is 20.5. The van der Waals surface area contributed by atoms with Crippen molar-refractivity contribution < 1.29 is 0 Å². The zero-order valence-corrected chi connectivity index (χ0v) is 16.8. The van der Waals surface area contributed by atoms with Gasteiger partial charge in [0.25, 0.3) is 0 Å². The lowest BCUT2D eigenvalue weighted by molar-refractivity contribution is 0.585. The third kappa shape index (κ3) is 3.09. The number of nitriles is 1. The molecule has 8 heteroatoms. The second-order valence-corrected chi connectivity index (χ2v) is 7.24. The molecule has 0 atom stereocenters. The highest BCUT2D eigenvalue weighted by Crippen LogP contribution is 2.35. The highest BCUT2D eigenvalue weighted by molar-refractivity contribution is 5.89. The molecule has 4 heterocycles. The van der Waals surface area contributed by atoms with Gasteiger partial charge >= 0.3 is 0 Å². The fourth-order valence-corrected chi connectivity index (χ4v) is 3.96. The van der Waals surface area contributed by atoms with Gasteiger partial charge in [0.15, 0.2) is 5.65 Å². The molecule has 1 aromatic carbocycles. The molecule has 0 radical (unpaired) electrons. The van der Waals surface area contributed by atoms with Crippen molar-refractivity contribution in [1.82, 2.24) is 29.7 Å². The van der Waals surface area contributed by atoms with Gasteiger partial charge in [0.2, 0.25) is 0 Å². The average molecular weight is 398 g/mol. The summed E-state index contributed by atoms with van der Waals surface area (Å²) in [6.45, 7) is 6.57. The number of piperazine rings is 1. The average Bonchev–Trinajstić information content (AvgIpc) is 3.43. The smallest absolute Gasteiger partial charge is 0.167 e. The van der Waals surface area contributed by atoms with Crippen LogP contribution in [0, 0.1) is 11.3 Å². The number of rotatable bonds is 4. The Labute approximate surface area is 174 Å². The Balaban J connectivity index is 1.75. The lowest BCUT2D eigenvalue weighted by Gasteiger charge is -2.28. The zero-order valence-electron chi connectivity index (χ0n) is 16.8. The Morgan fingerprint density at radius 1 is 1.17 bits per heavy atom. The Morgan fingerprint density at radius 2 is 2.03 bits per heavy atom. The molecule has 3 aromatic heterocycles.